The zero-order chi connectivity index (χ0) is 20.9. The van der Waals surface area contributed by atoms with E-state index in [2.05, 4.69) is 4.99 Å². The topological polar surface area (TPSA) is 41.9 Å². The molecule has 1 saturated heterocycles. The van der Waals surface area contributed by atoms with Gasteiger partial charge in [-0.05, 0) is 55.8 Å². The zero-order valence-corrected chi connectivity index (χ0v) is 17.8. The lowest BCUT2D eigenvalue weighted by atomic mass is 9.94. The van der Waals surface area contributed by atoms with Gasteiger partial charge < -0.3 is 4.74 Å². The third-order valence-corrected chi connectivity index (χ3v) is 6.33. The van der Waals surface area contributed by atoms with Crippen molar-refractivity contribution in [2.75, 3.05) is 6.61 Å². The minimum Gasteiger partial charge on any atom is -0.493 e. The zero-order valence-electron chi connectivity index (χ0n) is 17.0. The number of hydrogen-bond acceptors (Lipinski definition) is 4. The number of aliphatic imine (C=N–C) groups is 1. The van der Waals surface area contributed by atoms with Gasteiger partial charge >= 0.3 is 0 Å². The van der Waals surface area contributed by atoms with Crippen LogP contribution in [-0.4, -0.2) is 28.6 Å². The molecule has 1 aliphatic carbocycles. The molecule has 1 aliphatic heterocycles. The lowest BCUT2D eigenvalue weighted by molar-refractivity contribution is -0.124. The first kappa shape index (κ1) is 20.7. The predicted octanol–water partition coefficient (Wildman–Crippen LogP) is 6.16. The van der Waals surface area contributed by atoms with Gasteiger partial charge in [0.1, 0.15) is 17.3 Å². The number of thioether (sulfide) groups is 1. The minimum absolute atomic E-state index is 0.0618. The number of halogens is 1. The van der Waals surface area contributed by atoms with Crippen molar-refractivity contribution in [3.05, 3.63) is 64.8 Å². The molecule has 30 heavy (non-hydrogen) atoms. The molecule has 0 unspecified atom stereocenters. The summed E-state index contributed by atoms with van der Waals surface area (Å²) in [4.78, 5) is 20.3. The summed E-state index contributed by atoms with van der Waals surface area (Å²) in [5.74, 6) is 0.290. The maximum atomic E-state index is 14.2. The van der Waals surface area contributed by atoms with E-state index in [0.717, 1.165) is 37.0 Å². The molecule has 2 fully saturated rings. The Kier molecular flexibility index (Phi) is 6.53. The highest BCUT2D eigenvalue weighted by molar-refractivity contribution is 8.18. The third-order valence-electron chi connectivity index (χ3n) is 5.35. The lowest BCUT2D eigenvalue weighted by Gasteiger charge is -2.30. The molecule has 0 radical (unpaired) electrons. The van der Waals surface area contributed by atoms with E-state index in [9.17, 15) is 9.18 Å². The van der Waals surface area contributed by atoms with Crippen molar-refractivity contribution >= 4 is 34.6 Å². The molecule has 1 heterocycles. The van der Waals surface area contributed by atoms with Crippen LogP contribution in [0.25, 0.3) is 6.08 Å². The van der Waals surface area contributed by atoms with Crippen LogP contribution in [0.5, 0.6) is 5.75 Å². The van der Waals surface area contributed by atoms with Crippen LogP contribution in [0.1, 0.15) is 44.6 Å². The van der Waals surface area contributed by atoms with Crippen LogP contribution in [0.15, 0.2) is 58.4 Å². The Morgan fingerprint density at radius 3 is 2.63 bits per heavy atom. The highest BCUT2D eigenvalue weighted by Gasteiger charge is 2.38. The second kappa shape index (κ2) is 9.47. The number of para-hydroxylation sites is 2. The molecule has 0 atom stereocenters. The average Bonchev–Trinajstić information content (AvgIpc) is 3.06. The number of nitrogens with zero attached hydrogens (tertiary/aromatic N) is 2. The van der Waals surface area contributed by atoms with E-state index in [-0.39, 0.29) is 23.5 Å². The monoisotopic (exact) mass is 424 g/mol. The first-order valence-corrected chi connectivity index (χ1v) is 11.3. The van der Waals surface area contributed by atoms with Crippen LogP contribution in [-0.2, 0) is 4.79 Å². The number of rotatable bonds is 5. The van der Waals surface area contributed by atoms with E-state index in [4.69, 9.17) is 4.74 Å². The van der Waals surface area contributed by atoms with E-state index in [1.165, 1.54) is 24.2 Å². The Morgan fingerprint density at radius 1 is 1.13 bits per heavy atom. The number of amides is 1. The van der Waals surface area contributed by atoms with Crippen molar-refractivity contribution < 1.29 is 13.9 Å². The van der Waals surface area contributed by atoms with E-state index in [0.29, 0.717) is 16.7 Å². The predicted molar refractivity (Wildman–Crippen MR) is 120 cm³/mol. The Labute approximate surface area is 180 Å². The van der Waals surface area contributed by atoms with Crippen molar-refractivity contribution in [3.8, 4) is 5.75 Å². The summed E-state index contributed by atoms with van der Waals surface area (Å²) in [5, 5.41) is 0.553. The highest BCUT2D eigenvalue weighted by atomic mass is 32.2. The van der Waals surface area contributed by atoms with Crippen LogP contribution >= 0.6 is 11.8 Å². The molecule has 1 amide bonds. The number of benzene rings is 2. The Hall–Kier alpha value is -2.60. The first-order chi connectivity index (χ1) is 14.7. The van der Waals surface area contributed by atoms with Crippen molar-refractivity contribution in [2.24, 2.45) is 4.99 Å². The van der Waals surface area contributed by atoms with Gasteiger partial charge in [-0.3, -0.25) is 9.69 Å². The lowest BCUT2D eigenvalue weighted by Crippen LogP contribution is -2.40. The van der Waals surface area contributed by atoms with Crippen molar-refractivity contribution in [3.63, 3.8) is 0 Å². The Bertz CT molecular complexity index is 983. The average molecular weight is 425 g/mol. The summed E-state index contributed by atoms with van der Waals surface area (Å²) in [5.41, 5.74) is 1.11. The number of amidine groups is 1. The molecule has 0 bridgehead atoms. The summed E-state index contributed by atoms with van der Waals surface area (Å²) in [6.07, 6.45) is 7.14. The van der Waals surface area contributed by atoms with E-state index < -0.39 is 0 Å². The fourth-order valence-corrected chi connectivity index (χ4v) is 4.94. The number of carbonyl (C=O) groups excluding carboxylic acids is 1. The van der Waals surface area contributed by atoms with Crippen molar-refractivity contribution in [1.82, 2.24) is 4.90 Å². The molecular formula is C24H25FN2O2S. The van der Waals surface area contributed by atoms with E-state index in [1.54, 1.807) is 23.1 Å². The van der Waals surface area contributed by atoms with Crippen LogP contribution < -0.4 is 4.74 Å². The smallest absolute Gasteiger partial charge is 0.267 e. The summed E-state index contributed by atoms with van der Waals surface area (Å²) in [6.45, 7) is 2.48. The summed E-state index contributed by atoms with van der Waals surface area (Å²) >= 11 is 1.31. The number of hydrogen-bond donors (Lipinski definition) is 0. The van der Waals surface area contributed by atoms with Crippen LogP contribution in [0.2, 0.25) is 0 Å². The van der Waals surface area contributed by atoms with Crippen LogP contribution in [0.4, 0.5) is 10.1 Å². The van der Waals surface area contributed by atoms with Gasteiger partial charge in [-0.15, -0.1) is 0 Å². The highest BCUT2D eigenvalue weighted by Crippen LogP contribution is 2.39. The van der Waals surface area contributed by atoms with Crippen LogP contribution in [0.3, 0.4) is 0 Å². The molecule has 2 aliphatic rings. The fraction of sp³-hybridized carbons (Fsp3) is 0.333. The van der Waals surface area contributed by atoms with Crippen molar-refractivity contribution in [1.29, 1.82) is 0 Å². The van der Waals surface area contributed by atoms with Gasteiger partial charge in [-0.25, -0.2) is 9.38 Å². The summed E-state index contributed by atoms with van der Waals surface area (Å²) < 4.78 is 19.9. The fourth-order valence-electron chi connectivity index (χ4n) is 3.90. The first-order valence-electron chi connectivity index (χ1n) is 10.5. The molecule has 0 N–H and O–H groups in total. The van der Waals surface area contributed by atoms with Gasteiger partial charge in [0.05, 0.1) is 11.5 Å². The van der Waals surface area contributed by atoms with Gasteiger partial charge in [0.2, 0.25) is 0 Å². The largest absolute Gasteiger partial charge is 0.493 e. The quantitative estimate of drug-likeness (QED) is 0.540. The van der Waals surface area contributed by atoms with Gasteiger partial charge in [-0.1, -0.05) is 49.6 Å². The van der Waals surface area contributed by atoms with E-state index in [1.807, 2.05) is 37.3 Å². The second-order valence-electron chi connectivity index (χ2n) is 7.39. The second-order valence-corrected chi connectivity index (χ2v) is 8.40. The maximum absolute atomic E-state index is 14.2. The molecule has 2 aromatic rings. The molecule has 156 valence electrons. The SMILES string of the molecule is CCOc1ccccc1/C=C1\SC(=Nc2ccccc2F)N(C2CCCCC2)C1=O. The standard InChI is InChI=1S/C24H25FN2O2S/c1-2-29-21-15-9-6-10-17(21)16-22-23(28)27(18-11-4-3-5-12-18)24(30-22)26-20-14-8-7-13-19(20)25/h6-10,13-16,18H,2-5,11-12H2,1H3/b22-16-,26-24?. The normalized spacial score (nSPS) is 20.3. The summed E-state index contributed by atoms with van der Waals surface area (Å²) in [6, 6.07) is 14.2. The molecule has 4 rings (SSSR count). The van der Waals surface area contributed by atoms with Gasteiger partial charge in [0, 0.05) is 11.6 Å². The molecule has 6 heteroatoms. The molecule has 0 spiro atoms. The number of ether oxygens (including phenoxy) is 1. The van der Waals surface area contributed by atoms with E-state index >= 15 is 0 Å². The molecule has 4 nitrogen and oxygen atoms in total. The minimum atomic E-state index is -0.388. The number of carbonyl (C=O) groups is 1. The van der Waals surface area contributed by atoms with Crippen LogP contribution in [0, 0.1) is 5.82 Å². The van der Waals surface area contributed by atoms with Gasteiger partial charge in [0.25, 0.3) is 5.91 Å². The van der Waals surface area contributed by atoms with Gasteiger partial charge in [0.15, 0.2) is 5.17 Å². The molecule has 0 aromatic heterocycles. The Balaban J connectivity index is 1.72. The molecule has 1 saturated carbocycles. The molecular weight excluding hydrogens is 399 g/mol. The third kappa shape index (κ3) is 4.43. The molecule has 2 aromatic carbocycles. The van der Waals surface area contributed by atoms with Gasteiger partial charge in [-0.2, -0.15) is 0 Å². The van der Waals surface area contributed by atoms with Crippen molar-refractivity contribution in [2.45, 2.75) is 45.1 Å². The summed E-state index contributed by atoms with van der Waals surface area (Å²) in [7, 11) is 0. The Morgan fingerprint density at radius 2 is 1.87 bits per heavy atom. The maximum Gasteiger partial charge on any atom is 0.267 e.